The van der Waals surface area contributed by atoms with Crippen LogP contribution >= 0.6 is 34.9 Å². The van der Waals surface area contributed by atoms with Gasteiger partial charge in [-0.05, 0) is 50.4 Å². The first-order valence-electron chi connectivity index (χ1n) is 9.58. The maximum atomic E-state index is 13.2. The molecule has 1 atom stereocenters. The van der Waals surface area contributed by atoms with Gasteiger partial charge >= 0.3 is 0 Å². The van der Waals surface area contributed by atoms with Gasteiger partial charge in [0.15, 0.2) is 10.4 Å². The van der Waals surface area contributed by atoms with E-state index in [9.17, 15) is 13.6 Å². The van der Waals surface area contributed by atoms with Crippen LogP contribution < -0.4 is 0 Å². The number of rotatable bonds is 3. The number of carbonyl (C=O) groups is 1. The fourth-order valence-corrected chi connectivity index (χ4v) is 9.90. The summed E-state index contributed by atoms with van der Waals surface area (Å²) in [5, 5.41) is 0.449. The Bertz CT molecular complexity index is 838. The number of thiophene rings is 1. The Labute approximate surface area is 174 Å². The number of hydrogen-bond donors (Lipinski definition) is 0. The lowest BCUT2D eigenvalue weighted by molar-refractivity contribution is 0.109. The summed E-state index contributed by atoms with van der Waals surface area (Å²) in [6.45, 7) is 0. The summed E-state index contributed by atoms with van der Waals surface area (Å²) < 4.78 is 28.7. The van der Waals surface area contributed by atoms with E-state index in [1.54, 1.807) is 7.05 Å². The average molecular weight is 444 g/mol. The predicted octanol–water partition coefficient (Wildman–Crippen LogP) is 5.81. The molecule has 1 unspecified atom stereocenters. The van der Waals surface area contributed by atoms with Crippen molar-refractivity contribution in [1.29, 1.82) is 0 Å². The molecule has 2 heterocycles. The Hall–Kier alpha value is -0.280. The average Bonchev–Trinajstić information content (AvgIpc) is 3.08. The molecule has 2 aliphatic carbocycles. The van der Waals surface area contributed by atoms with Crippen LogP contribution in [0.3, 0.4) is 0 Å². The minimum atomic E-state index is -3.58. The van der Waals surface area contributed by atoms with E-state index in [1.807, 2.05) is 6.26 Å². The molecule has 0 N–H and O–H groups in total. The lowest BCUT2D eigenvalue weighted by atomic mass is 9.91. The number of hydrogen-bond acceptors (Lipinski definition) is 6. The third-order valence-electron chi connectivity index (χ3n) is 5.77. The molecule has 0 amide bonds. The summed E-state index contributed by atoms with van der Waals surface area (Å²) in [4.78, 5) is 14.3. The molecule has 1 aliphatic heterocycles. The second kappa shape index (κ2) is 7.86. The van der Waals surface area contributed by atoms with Crippen LogP contribution in [-0.4, -0.2) is 32.5 Å². The zero-order valence-corrected chi connectivity index (χ0v) is 19.0. The van der Waals surface area contributed by atoms with E-state index in [0.29, 0.717) is 15.0 Å². The Kier molecular flexibility index (Phi) is 5.82. The molecule has 0 bridgehead atoms. The molecule has 0 saturated heterocycles. The normalized spacial score (nSPS) is 26.1. The number of thioether (sulfide) groups is 2. The zero-order valence-electron chi connectivity index (χ0n) is 15.7. The summed E-state index contributed by atoms with van der Waals surface area (Å²) in [6.07, 6.45) is 11.4. The molecule has 1 fully saturated rings. The van der Waals surface area contributed by atoms with Crippen molar-refractivity contribution in [2.24, 2.45) is 0 Å². The van der Waals surface area contributed by atoms with Gasteiger partial charge in [-0.25, -0.2) is 0 Å². The highest BCUT2D eigenvalue weighted by molar-refractivity contribution is 8.15. The van der Waals surface area contributed by atoms with Crippen LogP contribution in [0.15, 0.2) is 14.8 Å². The minimum Gasteiger partial charge on any atom is -0.588 e. The van der Waals surface area contributed by atoms with Gasteiger partial charge in [0.2, 0.25) is 10.0 Å². The predicted molar refractivity (Wildman–Crippen MR) is 115 cm³/mol. The van der Waals surface area contributed by atoms with Gasteiger partial charge in [-0.3, -0.25) is 4.79 Å². The Balaban J connectivity index is 1.80. The summed E-state index contributed by atoms with van der Waals surface area (Å²) in [5.41, 5.74) is 2.74. The molecular formula is C19H25NO3S4. The molecule has 8 heteroatoms. The van der Waals surface area contributed by atoms with Gasteiger partial charge in [-0.15, -0.1) is 23.1 Å². The molecule has 0 radical (unpaired) electrons. The summed E-state index contributed by atoms with van der Waals surface area (Å²) >= 11 is 4.27. The molecule has 4 rings (SSSR count). The highest BCUT2D eigenvalue weighted by Crippen LogP contribution is 2.53. The standard InChI is InChI=1S/C19H25NO3S4/c1-20-14-11-7-6-10-13(14)15-16(18(21)25-12-8-4-3-5-9-12)26-19(24-2)17(15)27(20,22)23/h12H,3-11H2,1-2H3. The second-order valence-electron chi connectivity index (χ2n) is 7.40. The summed E-state index contributed by atoms with van der Waals surface area (Å²) in [7, 11) is -1.91. The Morgan fingerprint density at radius 2 is 1.89 bits per heavy atom. The van der Waals surface area contributed by atoms with E-state index in [1.165, 1.54) is 58.4 Å². The maximum Gasteiger partial charge on any atom is 0.230 e. The van der Waals surface area contributed by atoms with Gasteiger partial charge in [-0.1, -0.05) is 35.2 Å². The van der Waals surface area contributed by atoms with E-state index in [0.717, 1.165) is 59.6 Å². The van der Waals surface area contributed by atoms with Crippen LogP contribution in [0.1, 0.15) is 73.0 Å². The van der Waals surface area contributed by atoms with Crippen LogP contribution in [0.4, 0.5) is 0 Å². The van der Waals surface area contributed by atoms with Crippen LogP contribution in [0.5, 0.6) is 0 Å². The number of fused-ring (bicyclic) bond motifs is 2. The molecular weight excluding hydrogens is 418 g/mol. The van der Waals surface area contributed by atoms with Crippen molar-refractivity contribution in [3.63, 3.8) is 0 Å². The molecule has 1 aromatic rings. The molecule has 0 spiro atoms. The van der Waals surface area contributed by atoms with Crippen molar-refractivity contribution < 1.29 is 13.6 Å². The molecule has 1 aromatic heterocycles. The number of sulfonamides is 1. The summed E-state index contributed by atoms with van der Waals surface area (Å²) in [6, 6.07) is 0. The fraction of sp³-hybridized carbons (Fsp3) is 0.632. The third kappa shape index (κ3) is 3.45. The molecule has 1 saturated carbocycles. The van der Waals surface area contributed by atoms with Gasteiger partial charge in [0.25, 0.3) is 0 Å². The van der Waals surface area contributed by atoms with Gasteiger partial charge in [0.05, 0.1) is 23.2 Å². The largest absolute Gasteiger partial charge is 0.588 e. The SMILES string of the molecule is CSc1sc(C(=O)SC2CCCCC2)c2c1[S+](=O)([O-])N(C)C1=C2CCCC1. The van der Waals surface area contributed by atoms with E-state index in [4.69, 9.17) is 0 Å². The van der Waals surface area contributed by atoms with Crippen LogP contribution in [0.2, 0.25) is 0 Å². The number of carbonyl (C=O) groups excluding carboxylic acids is 1. The molecule has 0 aromatic carbocycles. The zero-order chi connectivity index (χ0) is 19.2. The quantitative estimate of drug-likeness (QED) is 0.436. The smallest absolute Gasteiger partial charge is 0.230 e. The van der Waals surface area contributed by atoms with Crippen LogP contribution in [0.25, 0.3) is 5.57 Å². The Morgan fingerprint density at radius 3 is 2.59 bits per heavy atom. The van der Waals surface area contributed by atoms with Gasteiger partial charge < -0.3 is 4.55 Å². The first-order valence-corrected chi connectivity index (χ1v) is 13.9. The van der Waals surface area contributed by atoms with Gasteiger partial charge in [0, 0.05) is 5.25 Å². The molecule has 3 aliphatic rings. The van der Waals surface area contributed by atoms with Crippen molar-refractivity contribution in [1.82, 2.24) is 4.31 Å². The Morgan fingerprint density at radius 1 is 1.19 bits per heavy atom. The number of nitrogens with zero attached hydrogens (tertiary/aromatic N) is 1. The summed E-state index contributed by atoms with van der Waals surface area (Å²) in [5.74, 6) is 0. The van der Waals surface area contributed by atoms with E-state index in [2.05, 4.69) is 0 Å². The molecule has 4 nitrogen and oxygen atoms in total. The van der Waals surface area contributed by atoms with Crippen molar-refractivity contribution in [3.8, 4) is 0 Å². The maximum absolute atomic E-state index is 13.2. The van der Waals surface area contributed by atoms with Gasteiger partial charge in [-0.2, -0.15) is 4.31 Å². The third-order valence-corrected chi connectivity index (χ3v) is 11.6. The fourth-order valence-electron chi connectivity index (χ4n) is 4.36. The highest BCUT2D eigenvalue weighted by atomic mass is 32.3. The lowest BCUT2D eigenvalue weighted by Gasteiger charge is -2.36. The lowest BCUT2D eigenvalue weighted by Crippen LogP contribution is -2.37. The van der Waals surface area contributed by atoms with Gasteiger partial charge in [0.1, 0.15) is 4.21 Å². The molecule has 27 heavy (non-hydrogen) atoms. The van der Waals surface area contributed by atoms with Crippen LogP contribution in [-0.2, 0) is 14.6 Å². The van der Waals surface area contributed by atoms with E-state index < -0.39 is 10.4 Å². The van der Waals surface area contributed by atoms with E-state index >= 15 is 0 Å². The monoisotopic (exact) mass is 443 g/mol. The minimum absolute atomic E-state index is 0.0700. The van der Waals surface area contributed by atoms with E-state index in [-0.39, 0.29) is 5.12 Å². The van der Waals surface area contributed by atoms with Crippen molar-refractivity contribution in [2.45, 2.75) is 72.1 Å². The molecule has 148 valence electrons. The van der Waals surface area contributed by atoms with Crippen molar-refractivity contribution in [2.75, 3.05) is 13.3 Å². The number of allylic oxidation sites excluding steroid dienone is 2. The second-order valence-corrected chi connectivity index (χ2v) is 12.7. The van der Waals surface area contributed by atoms with Crippen molar-refractivity contribution >= 4 is 55.9 Å². The van der Waals surface area contributed by atoms with Crippen LogP contribution in [0, 0.1) is 0 Å². The first kappa shape index (κ1) is 20.0. The highest BCUT2D eigenvalue weighted by Gasteiger charge is 2.46. The topological polar surface area (TPSA) is 60.4 Å². The van der Waals surface area contributed by atoms with Crippen molar-refractivity contribution in [3.05, 3.63) is 16.1 Å². The first-order chi connectivity index (χ1) is 12.9.